The molecule has 0 saturated carbocycles. The lowest BCUT2D eigenvalue weighted by atomic mass is 10.1. The second kappa shape index (κ2) is 5.58. The molecule has 0 aliphatic carbocycles. The highest BCUT2D eigenvalue weighted by atomic mass is 31.2. The maximum Gasteiger partial charge on any atom is 0.472 e. The van der Waals surface area contributed by atoms with Crippen molar-refractivity contribution in [2.75, 3.05) is 7.11 Å². The van der Waals surface area contributed by atoms with E-state index in [0.717, 1.165) is 12.7 Å². The van der Waals surface area contributed by atoms with Crippen LogP contribution in [0.5, 0.6) is 0 Å². The third-order valence-electron chi connectivity index (χ3n) is 2.34. The Morgan fingerprint density at radius 1 is 1.50 bits per heavy atom. The summed E-state index contributed by atoms with van der Waals surface area (Å²) in [6.07, 6.45) is -0.930. The molecule has 18 heavy (non-hydrogen) atoms. The lowest BCUT2D eigenvalue weighted by molar-refractivity contribution is -0.386. The summed E-state index contributed by atoms with van der Waals surface area (Å²) in [6.45, 7) is 3.21. The van der Waals surface area contributed by atoms with Crippen molar-refractivity contribution in [3.05, 3.63) is 39.4 Å². The second-order valence-electron chi connectivity index (χ2n) is 3.72. The quantitative estimate of drug-likeness (QED) is 0.504. The SMILES string of the molecule is COP(=O)(O)OC(C)c1cc(C)ccc1[N+](=O)[O-]. The van der Waals surface area contributed by atoms with Gasteiger partial charge < -0.3 is 4.89 Å². The third-order valence-corrected chi connectivity index (χ3v) is 3.38. The summed E-state index contributed by atoms with van der Waals surface area (Å²) in [5.74, 6) is 0. The van der Waals surface area contributed by atoms with Gasteiger partial charge in [-0.05, 0) is 19.9 Å². The number of aryl methyl sites for hydroxylation is 1. The largest absolute Gasteiger partial charge is 0.472 e. The van der Waals surface area contributed by atoms with Crippen LogP contribution in [0.2, 0.25) is 0 Å². The number of hydrogen-bond donors (Lipinski definition) is 1. The molecule has 1 N–H and O–H groups in total. The van der Waals surface area contributed by atoms with Gasteiger partial charge in [-0.25, -0.2) is 4.57 Å². The molecule has 2 unspecified atom stereocenters. The fraction of sp³-hybridized carbons (Fsp3) is 0.400. The molecule has 2 atom stereocenters. The number of phosphoric acid groups is 1. The van der Waals surface area contributed by atoms with E-state index in [-0.39, 0.29) is 11.3 Å². The van der Waals surface area contributed by atoms with Crippen molar-refractivity contribution >= 4 is 13.5 Å². The minimum atomic E-state index is -4.18. The van der Waals surface area contributed by atoms with Crippen molar-refractivity contribution in [2.24, 2.45) is 0 Å². The van der Waals surface area contributed by atoms with Crippen molar-refractivity contribution in [1.82, 2.24) is 0 Å². The molecule has 0 aromatic heterocycles. The van der Waals surface area contributed by atoms with E-state index in [1.165, 1.54) is 13.0 Å². The summed E-state index contributed by atoms with van der Waals surface area (Å²) >= 11 is 0. The van der Waals surface area contributed by atoms with E-state index in [1.807, 2.05) is 0 Å². The van der Waals surface area contributed by atoms with Gasteiger partial charge in [-0.2, -0.15) is 0 Å². The van der Waals surface area contributed by atoms with Crippen LogP contribution in [0.1, 0.15) is 24.2 Å². The Morgan fingerprint density at radius 3 is 2.61 bits per heavy atom. The molecule has 0 amide bonds. The number of rotatable bonds is 5. The van der Waals surface area contributed by atoms with Gasteiger partial charge in [0.1, 0.15) is 0 Å². The summed E-state index contributed by atoms with van der Waals surface area (Å²) in [5.41, 5.74) is 0.853. The molecule has 0 radical (unpaired) electrons. The molecule has 1 aromatic rings. The van der Waals surface area contributed by atoms with Crippen molar-refractivity contribution in [3.63, 3.8) is 0 Å². The maximum atomic E-state index is 11.3. The molecule has 0 heterocycles. The number of nitro benzene ring substituents is 1. The molecular formula is C10H14NO6P. The average Bonchev–Trinajstić information content (AvgIpc) is 2.28. The van der Waals surface area contributed by atoms with Gasteiger partial charge in [-0.15, -0.1) is 0 Å². The molecular weight excluding hydrogens is 261 g/mol. The van der Waals surface area contributed by atoms with Crippen LogP contribution in [0.25, 0.3) is 0 Å². The molecule has 8 heteroatoms. The van der Waals surface area contributed by atoms with Crippen LogP contribution in [0.3, 0.4) is 0 Å². The van der Waals surface area contributed by atoms with Crippen LogP contribution in [-0.2, 0) is 13.6 Å². The lowest BCUT2D eigenvalue weighted by Crippen LogP contribution is -2.04. The van der Waals surface area contributed by atoms with Gasteiger partial charge >= 0.3 is 7.82 Å². The lowest BCUT2D eigenvalue weighted by Gasteiger charge is -2.16. The topological polar surface area (TPSA) is 98.9 Å². The first kappa shape index (κ1) is 14.8. The van der Waals surface area contributed by atoms with Crippen molar-refractivity contribution in [2.45, 2.75) is 20.0 Å². The zero-order valence-corrected chi connectivity index (χ0v) is 11.1. The number of hydrogen-bond acceptors (Lipinski definition) is 5. The van der Waals surface area contributed by atoms with Gasteiger partial charge in [0.25, 0.3) is 5.69 Å². The van der Waals surface area contributed by atoms with Gasteiger partial charge in [0.2, 0.25) is 0 Å². The Morgan fingerprint density at radius 2 is 2.11 bits per heavy atom. The Hall–Kier alpha value is -1.27. The monoisotopic (exact) mass is 275 g/mol. The van der Waals surface area contributed by atoms with Crippen LogP contribution in [-0.4, -0.2) is 16.9 Å². The summed E-state index contributed by atoms with van der Waals surface area (Å²) in [4.78, 5) is 19.5. The van der Waals surface area contributed by atoms with Crippen LogP contribution in [0.4, 0.5) is 5.69 Å². The predicted molar refractivity (Wildman–Crippen MR) is 64.2 cm³/mol. The number of nitrogens with zero attached hydrogens (tertiary/aromatic N) is 1. The van der Waals surface area contributed by atoms with Crippen LogP contribution >= 0.6 is 7.82 Å². The van der Waals surface area contributed by atoms with Gasteiger partial charge in [-0.1, -0.05) is 11.6 Å². The van der Waals surface area contributed by atoms with Gasteiger partial charge in [0.15, 0.2) is 0 Å². The van der Waals surface area contributed by atoms with Gasteiger partial charge in [0, 0.05) is 13.2 Å². The summed E-state index contributed by atoms with van der Waals surface area (Å²) in [5, 5.41) is 10.9. The minimum absolute atomic E-state index is 0.163. The maximum absolute atomic E-state index is 11.3. The standard InChI is InChI=1S/C10H14NO6P/c1-7-4-5-10(11(12)13)9(6-7)8(2)17-18(14,15)16-3/h4-6,8H,1-3H3,(H,14,15). The average molecular weight is 275 g/mol. The van der Waals surface area contributed by atoms with E-state index in [0.29, 0.717) is 0 Å². The molecule has 100 valence electrons. The second-order valence-corrected chi connectivity index (χ2v) is 5.23. The van der Waals surface area contributed by atoms with E-state index in [1.54, 1.807) is 19.1 Å². The predicted octanol–water partition coefficient (Wildman–Crippen LogP) is 2.73. The number of benzene rings is 1. The first-order valence-electron chi connectivity index (χ1n) is 5.08. The molecule has 0 spiro atoms. The third kappa shape index (κ3) is 3.61. The minimum Gasteiger partial charge on any atom is -0.302 e. The van der Waals surface area contributed by atoms with Crippen LogP contribution < -0.4 is 0 Å². The van der Waals surface area contributed by atoms with Crippen molar-refractivity contribution in [1.29, 1.82) is 0 Å². The highest BCUT2D eigenvalue weighted by molar-refractivity contribution is 7.47. The summed E-state index contributed by atoms with van der Waals surface area (Å²) in [6, 6.07) is 4.46. The molecule has 1 aromatic carbocycles. The van der Waals surface area contributed by atoms with Gasteiger partial charge in [0.05, 0.1) is 16.6 Å². The van der Waals surface area contributed by atoms with E-state index >= 15 is 0 Å². The molecule has 1 rings (SSSR count). The Balaban J connectivity index is 3.11. The number of nitro groups is 1. The summed E-state index contributed by atoms with van der Waals surface area (Å²) < 4.78 is 20.4. The summed E-state index contributed by atoms with van der Waals surface area (Å²) in [7, 11) is -3.16. The van der Waals surface area contributed by atoms with E-state index in [2.05, 4.69) is 4.52 Å². The molecule has 0 bridgehead atoms. The molecule has 0 aliphatic rings. The Bertz CT molecular complexity index is 503. The normalized spacial score (nSPS) is 16.0. The number of phosphoric ester groups is 1. The van der Waals surface area contributed by atoms with E-state index < -0.39 is 18.8 Å². The smallest absolute Gasteiger partial charge is 0.302 e. The fourth-order valence-corrected chi connectivity index (χ4v) is 2.06. The van der Waals surface area contributed by atoms with Crippen LogP contribution in [0, 0.1) is 17.0 Å². The first-order valence-corrected chi connectivity index (χ1v) is 6.58. The van der Waals surface area contributed by atoms with Gasteiger partial charge in [-0.3, -0.25) is 19.2 Å². The van der Waals surface area contributed by atoms with Crippen LogP contribution in [0.15, 0.2) is 18.2 Å². The first-order chi connectivity index (χ1) is 8.26. The zero-order valence-electron chi connectivity index (χ0n) is 10.2. The molecule has 0 aliphatic heterocycles. The Labute approximate surface area is 104 Å². The van der Waals surface area contributed by atoms with Crippen molar-refractivity contribution < 1.29 is 23.4 Å². The molecule has 0 fully saturated rings. The van der Waals surface area contributed by atoms with E-state index in [4.69, 9.17) is 4.52 Å². The van der Waals surface area contributed by atoms with E-state index in [9.17, 15) is 19.6 Å². The fourth-order valence-electron chi connectivity index (χ4n) is 1.47. The highest BCUT2D eigenvalue weighted by Crippen LogP contribution is 2.47. The van der Waals surface area contributed by atoms with Crippen molar-refractivity contribution in [3.8, 4) is 0 Å². The molecule has 7 nitrogen and oxygen atoms in total. The zero-order chi connectivity index (χ0) is 13.9. The molecule has 0 saturated heterocycles. The highest BCUT2D eigenvalue weighted by Gasteiger charge is 2.27. The Kier molecular flexibility index (Phi) is 4.59.